The van der Waals surface area contributed by atoms with Crippen LogP contribution in [0, 0.1) is 6.61 Å². The van der Waals surface area contributed by atoms with E-state index >= 15 is 0 Å². The molecule has 1 aromatic rings. The predicted octanol–water partition coefficient (Wildman–Crippen LogP) is 3.82. The third-order valence-corrected chi connectivity index (χ3v) is 2.57. The van der Waals surface area contributed by atoms with E-state index in [1.165, 1.54) is 17.7 Å². The van der Waals surface area contributed by atoms with Crippen LogP contribution in [-0.2, 0) is 11.8 Å². The van der Waals surface area contributed by atoms with Gasteiger partial charge >= 0.3 is 0 Å². The number of hydrogen-bond donors (Lipinski definition) is 1. The summed E-state index contributed by atoms with van der Waals surface area (Å²) < 4.78 is 0. The quantitative estimate of drug-likeness (QED) is 0.795. The Labute approximate surface area is 93.1 Å². The van der Waals surface area contributed by atoms with Gasteiger partial charge in [-0.2, -0.15) is 0 Å². The highest BCUT2D eigenvalue weighted by atomic mass is 16.3. The maximum Gasteiger partial charge on any atom is 0.109 e. The van der Waals surface area contributed by atoms with Crippen molar-refractivity contribution in [2.24, 2.45) is 0 Å². The molecule has 15 heavy (non-hydrogen) atoms. The lowest BCUT2D eigenvalue weighted by Gasteiger charge is -2.21. The first-order valence-corrected chi connectivity index (χ1v) is 5.59. The first kappa shape index (κ1) is 12.3. The number of benzene rings is 1. The van der Waals surface area contributed by atoms with Crippen molar-refractivity contribution >= 4 is 0 Å². The summed E-state index contributed by atoms with van der Waals surface area (Å²) in [6.07, 6.45) is 2.21. The van der Waals surface area contributed by atoms with E-state index in [0.717, 1.165) is 18.4 Å². The predicted molar refractivity (Wildman–Crippen MR) is 64.5 cm³/mol. The monoisotopic (exact) mass is 205 g/mol. The molecular formula is C14H21O. The Bertz CT molecular complexity index is 321. The van der Waals surface area contributed by atoms with Crippen LogP contribution in [-0.4, -0.2) is 5.11 Å². The van der Waals surface area contributed by atoms with E-state index in [1.54, 1.807) is 0 Å². The SMILES string of the molecule is CCCc1cc([CH]O)cc(C(C)(C)C)c1. The van der Waals surface area contributed by atoms with Crippen LogP contribution in [0.1, 0.15) is 50.8 Å². The van der Waals surface area contributed by atoms with E-state index in [9.17, 15) is 0 Å². The Hall–Kier alpha value is -0.820. The summed E-state index contributed by atoms with van der Waals surface area (Å²) in [6, 6.07) is 6.36. The number of aliphatic hydroxyl groups excluding tert-OH is 1. The van der Waals surface area contributed by atoms with Crippen LogP contribution in [0.15, 0.2) is 18.2 Å². The molecule has 0 fully saturated rings. The number of hydrogen-bond acceptors (Lipinski definition) is 1. The molecule has 1 heteroatoms. The fraction of sp³-hybridized carbons (Fsp3) is 0.500. The maximum atomic E-state index is 9.10. The Balaban J connectivity index is 3.11. The van der Waals surface area contributed by atoms with Gasteiger partial charge in [0.2, 0.25) is 0 Å². The molecule has 0 aliphatic heterocycles. The highest BCUT2D eigenvalue weighted by Crippen LogP contribution is 2.25. The molecule has 0 saturated carbocycles. The molecule has 0 atom stereocenters. The van der Waals surface area contributed by atoms with E-state index in [0.29, 0.717) is 0 Å². The van der Waals surface area contributed by atoms with Gasteiger partial charge in [0.15, 0.2) is 0 Å². The van der Waals surface area contributed by atoms with Crippen LogP contribution < -0.4 is 0 Å². The lowest BCUT2D eigenvalue weighted by molar-refractivity contribution is 0.414. The van der Waals surface area contributed by atoms with E-state index in [4.69, 9.17) is 5.11 Å². The van der Waals surface area contributed by atoms with Crippen molar-refractivity contribution in [3.05, 3.63) is 41.5 Å². The molecule has 0 aliphatic carbocycles. The Morgan fingerprint density at radius 3 is 2.33 bits per heavy atom. The second-order valence-electron chi connectivity index (χ2n) is 5.09. The summed E-state index contributed by atoms with van der Waals surface area (Å²) in [4.78, 5) is 0. The highest BCUT2D eigenvalue weighted by Gasteiger charge is 2.14. The number of aliphatic hydroxyl groups is 1. The van der Waals surface area contributed by atoms with Gasteiger partial charge in [0, 0.05) is 0 Å². The summed E-state index contributed by atoms with van der Waals surface area (Å²) in [5, 5.41) is 9.10. The fourth-order valence-corrected chi connectivity index (χ4v) is 1.66. The molecule has 0 heterocycles. The topological polar surface area (TPSA) is 20.2 Å². The Kier molecular flexibility index (Phi) is 3.92. The minimum atomic E-state index is 0.140. The van der Waals surface area contributed by atoms with E-state index in [-0.39, 0.29) is 5.41 Å². The van der Waals surface area contributed by atoms with Gasteiger partial charge in [-0.15, -0.1) is 0 Å². The highest BCUT2D eigenvalue weighted by molar-refractivity contribution is 5.36. The van der Waals surface area contributed by atoms with Crippen molar-refractivity contribution < 1.29 is 5.11 Å². The van der Waals surface area contributed by atoms with E-state index in [1.807, 2.05) is 0 Å². The molecule has 1 nitrogen and oxygen atoms in total. The Morgan fingerprint density at radius 2 is 1.87 bits per heavy atom. The van der Waals surface area contributed by atoms with Crippen LogP contribution in [0.5, 0.6) is 0 Å². The van der Waals surface area contributed by atoms with E-state index < -0.39 is 0 Å². The molecule has 0 bridgehead atoms. The summed E-state index contributed by atoms with van der Waals surface area (Å²) >= 11 is 0. The van der Waals surface area contributed by atoms with Crippen LogP contribution in [0.2, 0.25) is 0 Å². The minimum absolute atomic E-state index is 0.140. The average Bonchev–Trinajstić information content (AvgIpc) is 2.16. The van der Waals surface area contributed by atoms with Crippen LogP contribution in [0.25, 0.3) is 0 Å². The molecule has 83 valence electrons. The molecular weight excluding hydrogens is 184 g/mol. The lowest BCUT2D eigenvalue weighted by Crippen LogP contribution is -2.12. The van der Waals surface area contributed by atoms with Crippen molar-refractivity contribution in [1.29, 1.82) is 0 Å². The van der Waals surface area contributed by atoms with Crippen molar-refractivity contribution in [1.82, 2.24) is 0 Å². The minimum Gasteiger partial charge on any atom is -0.385 e. The maximum absolute atomic E-state index is 9.10. The second-order valence-corrected chi connectivity index (χ2v) is 5.09. The summed E-state index contributed by atoms with van der Waals surface area (Å²) in [7, 11) is 0. The standard InChI is InChI=1S/C14H21O/c1-5-6-11-7-12(10-15)9-13(8-11)14(2,3)4/h7-10,15H,5-6H2,1-4H3. The zero-order valence-corrected chi connectivity index (χ0v) is 10.2. The second kappa shape index (κ2) is 4.80. The normalized spacial score (nSPS) is 11.8. The molecule has 1 N–H and O–H groups in total. The first-order chi connectivity index (χ1) is 6.97. The lowest BCUT2D eigenvalue weighted by atomic mass is 9.84. The average molecular weight is 205 g/mol. The third kappa shape index (κ3) is 3.35. The van der Waals surface area contributed by atoms with Crippen molar-refractivity contribution in [2.75, 3.05) is 0 Å². The number of rotatable bonds is 3. The molecule has 0 aliphatic rings. The zero-order chi connectivity index (χ0) is 11.5. The largest absolute Gasteiger partial charge is 0.385 e. The van der Waals surface area contributed by atoms with Crippen LogP contribution in [0.3, 0.4) is 0 Å². The molecule has 0 spiro atoms. The van der Waals surface area contributed by atoms with Gasteiger partial charge in [0.1, 0.15) is 6.61 Å². The Morgan fingerprint density at radius 1 is 1.20 bits per heavy atom. The molecule has 1 aromatic carbocycles. The first-order valence-electron chi connectivity index (χ1n) is 5.59. The van der Waals surface area contributed by atoms with Gasteiger partial charge < -0.3 is 5.11 Å². The van der Waals surface area contributed by atoms with Gasteiger partial charge in [-0.1, -0.05) is 52.3 Å². The molecule has 0 saturated heterocycles. The molecule has 0 amide bonds. The fourth-order valence-electron chi connectivity index (χ4n) is 1.66. The molecule has 0 unspecified atom stereocenters. The number of aryl methyl sites for hydroxylation is 1. The smallest absolute Gasteiger partial charge is 0.109 e. The molecule has 1 rings (SSSR count). The summed E-state index contributed by atoms with van der Waals surface area (Å²) in [5.41, 5.74) is 3.64. The van der Waals surface area contributed by atoms with Gasteiger partial charge in [-0.25, -0.2) is 0 Å². The molecule has 0 aromatic heterocycles. The van der Waals surface area contributed by atoms with Gasteiger partial charge in [-0.05, 0) is 28.5 Å². The van der Waals surface area contributed by atoms with Gasteiger partial charge in [0.05, 0.1) is 0 Å². The van der Waals surface area contributed by atoms with E-state index in [2.05, 4.69) is 45.9 Å². The van der Waals surface area contributed by atoms with Crippen molar-refractivity contribution in [2.45, 2.75) is 46.0 Å². The van der Waals surface area contributed by atoms with Crippen molar-refractivity contribution in [3.8, 4) is 0 Å². The zero-order valence-electron chi connectivity index (χ0n) is 10.2. The summed E-state index contributed by atoms with van der Waals surface area (Å²) in [6.45, 7) is 9.94. The van der Waals surface area contributed by atoms with Gasteiger partial charge in [0.25, 0.3) is 0 Å². The summed E-state index contributed by atoms with van der Waals surface area (Å²) in [5.74, 6) is 0. The van der Waals surface area contributed by atoms with Crippen LogP contribution in [0.4, 0.5) is 0 Å². The molecule has 1 radical (unpaired) electrons. The van der Waals surface area contributed by atoms with Gasteiger partial charge in [-0.3, -0.25) is 0 Å². The van der Waals surface area contributed by atoms with Crippen LogP contribution >= 0.6 is 0 Å². The van der Waals surface area contributed by atoms with Crippen molar-refractivity contribution in [3.63, 3.8) is 0 Å². The third-order valence-electron chi connectivity index (χ3n) is 2.57.